The molecule has 1 heterocycles. The highest BCUT2D eigenvalue weighted by atomic mass is 35.5. The van der Waals surface area contributed by atoms with Crippen LogP contribution in [-0.2, 0) is 0 Å². The summed E-state index contributed by atoms with van der Waals surface area (Å²) in [6.07, 6.45) is 3.95. The van der Waals surface area contributed by atoms with E-state index in [-0.39, 0.29) is 0 Å². The molecule has 1 aliphatic rings. The second kappa shape index (κ2) is 6.64. The summed E-state index contributed by atoms with van der Waals surface area (Å²) in [5.41, 5.74) is 7.53. The number of thioether (sulfide) groups is 1. The Balaban J connectivity index is 2.03. The molecule has 1 aromatic rings. The first-order chi connectivity index (χ1) is 8.66. The van der Waals surface area contributed by atoms with Crippen molar-refractivity contribution in [1.82, 2.24) is 0 Å². The largest absolute Gasteiger partial charge is 0.389 e. The topological polar surface area (TPSA) is 38.0 Å². The maximum atomic E-state index is 6.01. The fourth-order valence-corrected chi connectivity index (χ4v) is 3.66. The van der Waals surface area contributed by atoms with Crippen molar-refractivity contribution in [3.8, 4) is 0 Å². The van der Waals surface area contributed by atoms with E-state index in [2.05, 4.69) is 5.32 Å². The summed E-state index contributed by atoms with van der Waals surface area (Å²) in [5, 5.41) is 4.81. The smallest absolute Gasteiger partial charge is 0.106 e. The van der Waals surface area contributed by atoms with Gasteiger partial charge in [-0.3, -0.25) is 0 Å². The number of hydrogen-bond donors (Lipinski definition) is 2. The van der Waals surface area contributed by atoms with E-state index in [1.807, 2.05) is 30.0 Å². The highest BCUT2D eigenvalue weighted by Gasteiger charge is 2.14. The molecule has 98 valence electrons. The van der Waals surface area contributed by atoms with Gasteiger partial charge < -0.3 is 11.1 Å². The lowest BCUT2D eigenvalue weighted by atomic mass is 10.1. The summed E-state index contributed by atoms with van der Waals surface area (Å²) in [7, 11) is 0. The van der Waals surface area contributed by atoms with E-state index in [4.69, 9.17) is 29.6 Å². The second-order valence-electron chi connectivity index (χ2n) is 4.42. The van der Waals surface area contributed by atoms with Crippen molar-refractivity contribution in [2.45, 2.75) is 24.5 Å². The molecule has 1 saturated heterocycles. The average molecular weight is 301 g/mol. The monoisotopic (exact) mass is 300 g/mol. The average Bonchev–Trinajstić information content (AvgIpc) is 2.37. The molecule has 0 amide bonds. The van der Waals surface area contributed by atoms with Crippen LogP contribution in [0.3, 0.4) is 0 Å². The van der Waals surface area contributed by atoms with Crippen molar-refractivity contribution >= 4 is 46.3 Å². The number of benzene rings is 1. The fourth-order valence-electron chi connectivity index (χ4n) is 2.07. The Morgan fingerprint density at radius 3 is 3.00 bits per heavy atom. The lowest BCUT2D eigenvalue weighted by Gasteiger charge is -2.22. The van der Waals surface area contributed by atoms with Gasteiger partial charge in [0, 0.05) is 28.1 Å². The van der Waals surface area contributed by atoms with E-state index in [0.717, 1.165) is 17.8 Å². The van der Waals surface area contributed by atoms with Crippen LogP contribution < -0.4 is 11.1 Å². The molecule has 18 heavy (non-hydrogen) atoms. The van der Waals surface area contributed by atoms with E-state index < -0.39 is 0 Å². The van der Waals surface area contributed by atoms with E-state index >= 15 is 0 Å². The third kappa shape index (κ3) is 3.77. The van der Waals surface area contributed by atoms with Gasteiger partial charge in [-0.25, -0.2) is 0 Å². The molecule has 0 spiro atoms. The van der Waals surface area contributed by atoms with E-state index in [1.165, 1.54) is 25.0 Å². The lowest BCUT2D eigenvalue weighted by molar-refractivity contribution is 0.677. The predicted octanol–water partition coefficient (Wildman–Crippen LogP) is 3.67. The summed E-state index contributed by atoms with van der Waals surface area (Å²) < 4.78 is 0. The predicted molar refractivity (Wildman–Crippen MR) is 85.9 cm³/mol. The quantitative estimate of drug-likeness (QED) is 0.832. The molecule has 2 nitrogen and oxygen atoms in total. The Morgan fingerprint density at radius 1 is 1.50 bits per heavy atom. The maximum absolute atomic E-state index is 6.01. The fraction of sp³-hybridized carbons (Fsp3) is 0.462. The molecular weight excluding hydrogens is 284 g/mol. The van der Waals surface area contributed by atoms with Crippen LogP contribution in [0.15, 0.2) is 18.2 Å². The molecule has 5 heteroatoms. The van der Waals surface area contributed by atoms with Crippen LogP contribution in [0, 0.1) is 0 Å². The Labute approximate surface area is 123 Å². The molecule has 1 unspecified atom stereocenters. The van der Waals surface area contributed by atoms with Crippen molar-refractivity contribution in [2.24, 2.45) is 5.73 Å². The number of thiocarbonyl (C=S) groups is 1. The van der Waals surface area contributed by atoms with Crippen molar-refractivity contribution in [1.29, 1.82) is 0 Å². The summed E-state index contributed by atoms with van der Waals surface area (Å²) in [4.78, 5) is 0.408. The van der Waals surface area contributed by atoms with Crippen molar-refractivity contribution < 1.29 is 0 Å². The number of halogens is 1. The molecule has 2 rings (SSSR count). The normalized spacial score (nSPS) is 19.5. The van der Waals surface area contributed by atoms with Gasteiger partial charge in [-0.2, -0.15) is 11.8 Å². The molecule has 0 saturated carbocycles. The molecule has 0 aliphatic carbocycles. The molecule has 3 N–H and O–H groups in total. The Hall–Kier alpha value is -0.450. The minimum Gasteiger partial charge on any atom is -0.389 e. The van der Waals surface area contributed by atoms with Crippen LogP contribution in [0.25, 0.3) is 0 Å². The van der Waals surface area contributed by atoms with E-state index in [1.54, 1.807) is 0 Å². The first-order valence-electron chi connectivity index (χ1n) is 6.11. The first kappa shape index (κ1) is 14.0. The number of anilines is 1. The van der Waals surface area contributed by atoms with Gasteiger partial charge in [0.15, 0.2) is 0 Å². The van der Waals surface area contributed by atoms with Crippen molar-refractivity contribution in [3.63, 3.8) is 0 Å². The Morgan fingerprint density at radius 2 is 2.33 bits per heavy atom. The number of nitrogens with one attached hydrogen (secondary N) is 1. The zero-order chi connectivity index (χ0) is 13.0. The Bertz CT molecular complexity index is 431. The molecule has 1 fully saturated rings. The minimum atomic E-state index is 0.408. The van der Waals surface area contributed by atoms with Crippen LogP contribution in [-0.4, -0.2) is 22.5 Å². The molecule has 1 aromatic carbocycles. The zero-order valence-corrected chi connectivity index (χ0v) is 12.5. The van der Waals surface area contributed by atoms with Gasteiger partial charge in [0.05, 0.1) is 0 Å². The lowest BCUT2D eigenvalue weighted by Crippen LogP contribution is -2.21. The molecule has 1 aliphatic heterocycles. The minimum absolute atomic E-state index is 0.408. The molecule has 0 radical (unpaired) electrons. The standard InChI is InChI=1S/C13H17ClN2S2/c14-9-4-5-11(13(15)17)12(7-9)16-8-10-3-1-2-6-18-10/h4-5,7,10,16H,1-3,6,8H2,(H2,15,17). The molecule has 0 aromatic heterocycles. The van der Waals surface area contributed by atoms with Gasteiger partial charge in [0.1, 0.15) is 4.99 Å². The summed E-state index contributed by atoms with van der Waals surface area (Å²) in [6.45, 7) is 0.945. The highest BCUT2D eigenvalue weighted by Crippen LogP contribution is 2.27. The summed E-state index contributed by atoms with van der Waals surface area (Å²) >= 11 is 13.1. The van der Waals surface area contributed by atoms with Crippen molar-refractivity contribution in [3.05, 3.63) is 28.8 Å². The molecule has 0 bridgehead atoms. The zero-order valence-electron chi connectivity index (χ0n) is 10.1. The van der Waals surface area contributed by atoms with Gasteiger partial charge in [-0.1, -0.05) is 30.2 Å². The van der Waals surface area contributed by atoms with Crippen LogP contribution >= 0.6 is 35.6 Å². The maximum Gasteiger partial charge on any atom is 0.106 e. The van der Waals surface area contributed by atoms with E-state index in [9.17, 15) is 0 Å². The molecule has 1 atom stereocenters. The van der Waals surface area contributed by atoms with Crippen LogP contribution in [0.2, 0.25) is 5.02 Å². The van der Waals surface area contributed by atoms with Crippen molar-refractivity contribution in [2.75, 3.05) is 17.6 Å². The van der Waals surface area contributed by atoms with Crippen LogP contribution in [0.1, 0.15) is 24.8 Å². The number of hydrogen-bond acceptors (Lipinski definition) is 3. The second-order valence-corrected chi connectivity index (χ2v) is 6.71. The Kier molecular flexibility index (Phi) is 5.15. The van der Waals surface area contributed by atoms with Crippen LogP contribution in [0.5, 0.6) is 0 Å². The van der Waals surface area contributed by atoms with Gasteiger partial charge in [-0.15, -0.1) is 0 Å². The van der Waals surface area contributed by atoms with Gasteiger partial charge in [-0.05, 0) is 36.8 Å². The number of nitrogens with two attached hydrogens (primary N) is 1. The highest BCUT2D eigenvalue weighted by molar-refractivity contribution is 7.99. The van der Waals surface area contributed by atoms with E-state index in [0.29, 0.717) is 15.3 Å². The van der Waals surface area contributed by atoms with Gasteiger partial charge in [0.25, 0.3) is 0 Å². The third-order valence-electron chi connectivity index (χ3n) is 3.04. The SMILES string of the molecule is NC(=S)c1ccc(Cl)cc1NCC1CCCCS1. The molecular formula is C13H17ClN2S2. The number of rotatable bonds is 4. The van der Waals surface area contributed by atoms with Gasteiger partial charge >= 0.3 is 0 Å². The van der Waals surface area contributed by atoms with Gasteiger partial charge in [0.2, 0.25) is 0 Å². The first-order valence-corrected chi connectivity index (χ1v) is 7.95. The van der Waals surface area contributed by atoms with Crippen LogP contribution in [0.4, 0.5) is 5.69 Å². The summed E-state index contributed by atoms with van der Waals surface area (Å²) in [5.74, 6) is 1.27. The third-order valence-corrected chi connectivity index (χ3v) is 4.89. The summed E-state index contributed by atoms with van der Waals surface area (Å²) in [6, 6.07) is 5.58.